The van der Waals surface area contributed by atoms with E-state index in [9.17, 15) is 13.6 Å². The summed E-state index contributed by atoms with van der Waals surface area (Å²) in [7, 11) is 0. The normalized spacial score (nSPS) is 10.9. The number of amides is 1. The lowest BCUT2D eigenvalue weighted by molar-refractivity contribution is 0.0701. The fourth-order valence-corrected chi connectivity index (χ4v) is 1.16. The number of alkyl halides is 2. The Labute approximate surface area is 82.7 Å². The van der Waals surface area contributed by atoms with Gasteiger partial charge >= 0.3 is 6.55 Å². The van der Waals surface area contributed by atoms with Gasteiger partial charge in [0.25, 0.3) is 5.91 Å². The van der Waals surface area contributed by atoms with Gasteiger partial charge in [-0.3, -0.25) is 10.1 Å². The number of hydrogen-bond donors (Lipinski definition) is 1. The van der Waals surface area contributed by atoms with Crippen LogP contribution in [0.4, 0.5) is 8.78 Å². The minimum atomic E-state index is -2.89. The first-order chi connectivity index (χ1) is 7.18. The number of carbonyl (C=O) groups is 1. The Bertz CT molecular complexity index is 496. The maximum Gasteiger partial charge on any atom is 0.315 e. The van der Waals surface area contributed by atoms with Crippen molar-refractivity contribution in [2.45, 2.75) is 6.55 Å². The molecule has 1 N–H and O–H groups in total. The predicted octanol–water partition coefficient (Wildman–Crippen LogP) is 0.682. The van der Waals surface area contributed by atoms with Gasteiger partial charge in [-0.2, -0.15) is 13.9 Å². The van der Waals surface area contributed by atoms with E-state index in [1.165, 1.54) is 22.2 Å². The minimum Gasteiger partial charge on any atom is -0.296 e. The van der Waals surface area contributed by atoms with Crippen LogP contribution in [0.3, 0.4) is 0 Å². The highest BCUT2D eigenvalue weighted by Crippen LogP contribution is 2.07. The van der Waals surface area contributed by atoms with Crippen molar-refractivity contribution in [3.8, 4) is 0 Å². The van der Waals surface area contributed by atoms with Crippen LogP contribution in [0.25, 0.3) is 5.65 Å². The summed E-state index contributed by atoms with van der Waals surface area (Å²) < 4.78 is 25.1. The quantitative estimate of drug-likeness (QED) is 0.745. The second-order valence-electron chi connectivity index (χ2n) is 2.72. The molecule has 2 rings (SSSR count). The fraction of sp³-hybridized carbons (Fsp3) is 0.125. The molecule has 7 heteroatoms. The topological polar surface area (TPSA) is 59.3 Å². The maximum absolute atomic E-state index is 11.9. The number of nitrogens with zero attached hydrogens (tertiary/aromatic N) is 3. The summed E-state index contributed by atoms with van der Waals surface area (Å²) in [4.78, 5) is 15.1. The Morgan fingerprint density at radius 2 is 2.33 bits per heavy atom. The second-order valence-corrected chi connectivity index (χ2v) is 2.72. The first-order valence-corrected chi connectivity index (χ1v) is 4.06. The molecule has 0 atom stereocenters. The van der Waals surface area contributed by atoms with Crippen LogP contribution in [-0.4, -0.2) is 27.1 Å². The molecule has 0 spiro atoms. The van der Waals surface area contributed by atoms with Gasteiger partial charge in [-0.05, 0) is 6.07 Å². The summed E-state index contributed by atoms with van der Waals surface area (Å²) in [6, 6.07) is 1.62. The van der Waals surface area contributed by atoms with Crippen molar-refractivity contribution in [3.63, 3.8) is 0 Å². The molecule has 78 valence electrons. The molecule has 15 heavy (non-hydrogen) atoms. The molecule has 2 heterocycles. The summed E-state index contributed by atoms with van der Waals surface area (Å²) in [5, 5.41) is 5.27. The smallest absolute Gasteiger partial charge is 0.296 e. The van der Waals surface area contributed by atoms with E-state index >= 15 is 0 Å². The van der Waals surface area contributed by atoms with E-state index in [1.54, 1.807) is 12.3 Å². The minimum absolute atomic E-state index is 0.0240. The summed E-state index contributed by atoms with van der Waals surface area (Å²) in [6.07, 6.45) is 4.22. The van der Waals surface area contributed by atoms with Crippen molar-refractivity contribution in [1.29, 1.82) is 0 Å². The molecule has 1 amide bonds. The van der Waals surface area contributed by atoms with E-state index in [2.05, 4.69) is 10.1 Å². The van der Waals surface area contributed by atoms with Gasteiger partial charge in [-0.1, -0.05) is 0 Å². The number of rotatable bonds is 2. The van der Waals surface area contributed by atoms with Crippen LogP contribution in [-0.2, 0) is 0 Å². The average Bonchev–Trinajstić information content (AvgIpc) is 2.59. The van der Waals surface area contributed by atoms with E-state index in [1.807, 2.05) is 0 Å². The Morgan fingerprint density at radius 1 is 1.53 bits per heavy atom. The van der Waals surface area contributed by atoms with Gasteiger partial charge in [0.05, 0.1) is 6.20 Å². The summed E-state index contributed by atoms with van der Waals surface area (Å²) >= 11 is 0. The number of aromatic nitrogens is 3. The van der Waals surface area contributed by atoms with Gasteiger partial charge in [-0.25, -0.2) is 9.50 Å². The Balaban J connectivity index is 2.40. The van der Waals surface area contributed by atoms with Crippen molar-refractivity contribution >= 4 is 11.6 Å². The zero-order valence-electron chi connectivity index (χ0n) is 7.39. The maximum atomic E-state index is 11.9. The van der Waals surface area contributed by atoms with Crippen molar-refractivity contribution in [2.24, 2.45) is 0 Å². The number of fused-ring (bicyclic) bond motifs is 1. The highest BCUT2D eigenvalue weighted by atomic mass is 19.3. The lowest BCUT2D eigenvalue weighted by atomic mass is 10.3. The van der Waals surface area contributed by atoms with Crippen LogP contribution >= 0.6 is 0 Å². The van der Waals surface area contributed by atoms with Crippen LogP contribution in [0.1, 0.15) is 10.4 Å². The van der Waals surface area contributed by atoms with E-state index in [-0.39, 0.29) is 11.2 Å². The Hall–Kier alpha value is -2.05. The van der Waals surface area contributed by atoms with Gasteiger partial charge in [0.2, 0.25) is 0 Å². The highest BCUT2D eigenvalue weighted by Gasteiger charge is 2.16. The molecule has 0 saturated carbocycles. The molecule has 0 fully saturated rings. The van der Waals surface area contributed by atoms with Crippen molar-refractivity contribution in [2.75, 3.05) is 0 Å². The van der Waals surface area contributed by atoms with Crippen LogP contribution < -0.4 is 5.32 Å². The Kier molecular flexibility index (Phi) is 2.28. The third kappa shape index (κ3) is 1.76. The van der Waals surface area contributed by atoms with Gasteiger partial charge in [0.15, 0.2) is 5.65 Å². The summed E-state index contributed by atoms with van der Waals surface area (Å²) in [6.45, 7) is -2.89. The molecule has 0 saturated heterocycles. The lowest BCUT2D eigenvalue weighted by Crippen LogP contribution is -2.28. The zero-order chi connectivity index (χ0) is 10.8. The third-order valence-corrected chi connectivity index (χ3v) is 1.76. The van der Waals surface area contributed by atoms with E-state index in [4.69, 9.17) is 0 Å². The van der Waals surface area contributed by atoms with E-state index < -0.39 is 12.5 Å². The Morgan fingerprint density at radius 3 is 3.07 bits per heavy atom. The first kappa shape index (κ1) is 9.50. The van der Waals surface area contributed by atoms with Crippen LogP contribution in [0.15, 0.2) is 24.7 Å². The monoisotopic (exact) mass is 212 g/mol. The number of nitrogens with one attached hydrogen (secondary N) is 1. The average molecular weight is 212 g/mol. The summed E-state index contributed by atoms with van der Waals surface area (Å²) in [5.74, 6) is -0.890. The molecule has 0 aromatic carbocycles. The van der Waals surface area contributed by atoms with E-state index in [0.29, 0.717) is 0 Å². The fourth-order valence-electron chi connectivity index (χ4n) is 1.16. The van der Waals surface area contributed by atoms with Crippen LogP contribution in [0.2, 0.25) is 0 Å². The standard InChI is InChI=1S/C8H6F2N4O/c9-8(10)13-7(15)5-4-12-14-3-1-2-11-6(5)14/h1-4,8H,(H,13,15). The number of carbonyl (C=O) groups excluding carboxylic acids is 1. The van der Waals surface area contributed by atoms with Crippen LogP contribution in [0, 0.1) is 0 Å². The van der Waals surface area contributed by atoms with E-state index in [0.717, 1.165) is 0 Å². The molecule has 5 nitrogen and oxygen atoms in total. The third-order valence-electron chi connectivity index (χ3n) is 1.76. The highest BCUT2D eigenvalue weighted by molar-refractivity contribution is 5.99. The second kappa shape index (κ2) is 3.60. The molecule has 0 unspecified atom stereocenters. The van der Waals surface area contributed by atoms with Crippen molar-refractivity contribution in [1.82, 2.24) is 19.9 Å². The molecular formula is C8H6F2N4O. The molecule has 2 aromatic rings. The zero-order valence-corrected chi connectivity index (χ0v) is 7.39. The molecule has 0 radical (unpaired) electrons. The van der Waals surface area contributed by atoms with Crippen LogP contribution in [0.5, 0.6) is 0 Å². The van der Waals surface area contributed by atoms with Gasteiger partial charge < -0.3 is 0 Å². The van der Waals surface area contributed by atoms with Gasteiger partial charge in [-0.15, -0.1) is 0 Å². The van der Waals surface area contributed by atoms with Crippen molar-refractivity contribution in [3.05, 3.63) is 30.2 Å². The molecule has 2 aromatic heterocycles. The van der Waals surface area contributed by atoms with Gasteiger partial charge in [0, 0.05) is 12.4 Å². The van der Waals surface area contributed by atoms with Gasteiger partial charge in [0.1, 0.15) is 5.56 Å². The number of halogens is 2. The molecular weight excluding hydrogens is 206 g/mol. The molecule has 0 aliphatic heterocycles. The largest absolute Gasteiger partial charge is 0.315 e. The lowest BCUT2D eigenvalue weighted by Gasteiger charge is -2.00. The SMILES string of the molecule is O=C(NC(F)F)c1cnn2cccnc12. The molecule has 0 aliphatic carbocycles. The predicted molar refractivity (Wildman–Crippen MR) is 46.5 cm³/mol. The summed E-state index contributed by atoms with van der Waals surface area (Å²) in [5.41, 5.74) is 0.270. The first-order valence-electron chi connectivity index (χ1n) is 4.06. The number of hydrogen-bond acceptors (Lipinski definition) is 3. The van der Waals surface area contributed by atoms with Crippen molar-refractivity contribution < 1.29 is 13.6 Å². The molecule has 0 bridgehead atoms. The molecule has 0 aliphatic rings.